The molecule has 0 spiro atoms. The van der Waals surface area contributed by atoms with E-state index in [0.717, 1.165) is 6.26 Å². The lowest BCUT2D eigenvalue weighted by molar-refractivity contribution is 0.602. The Bertz CT molecular complexity index is 1230. The molecule has 3 rings (SSSR count). The predicted octanol–water partition coefficient (Wildman–Crippen LogP) is 2.16. The van der Waals surface area contributed by atoms with E-state index in [9.17, 15) is 18.5 Å². The molecule has 0 radical (unpaired) electrons. The molecular weight excluding hydrogens is 378 g/mol. The first kappa shape index (κ1) is 19.0. The zero-order valence-electron chi connectivity index (χ0n) is 14.7. The fourth-order valence-electron chi connectivity index (χ4n) is 2.40. The summed E-state index contributed by atoms with van der Waals surface area (Å²) in [7, 11) is -3.26. The van der Waals surface area contributed by atoms with Gasteiger partial charge < -0.3 is 0 Å². The monoisotopic (exact) mass is 393 g/mol. The van der Waals surface area contributed by atoms with E-state index in [1.807, 2.05) is 12.1 Å². The average molecular weight is 393 g/mol. The normalized spacial score (nSPS) is 11.3. The fraction of sp³-hybridized carbons (Fsp3) is 0.0526. The van der Waals surface area contributed by atoms with Gasteiger partial charge in [0.2, 0.25) is 5.95 Å². The van der Waals surface area contributed by atoms with Crippen LogP contribution >= 0.6 is 0 Å². The number of nitrogens with zero attached hydrogens (tertiary/aromatic N) is 3. The smallest absolute Gasteiger partial charge is 0.270 e. The van der Waals surface area contributed by atoms with Gasteiger partial charge >= 0.3 is 0 Å². The molecule has 3 aromatic rings. The van der Waals surface area contributed by atoms with E-state index >= 15 is 0 Å². The largest absolute Gasteiger partial charge is 0.290 e. The third kappa shape index (κ3) is 4.31. The number of hydrogen-bond acceptors (Lipinski definition) is 7. The third-order valence-corrected chi connectivity index (χ3v) is 4.90. The van der Waals surface area contributed by atoms with Gasteiger partial charge in [-0.05, 0) is 17.7 Å². The van der Waals surface area contributed by atoms with Crippen LogP contribution in [0, 0.1) is 11.3 Å². The summed E-state index contributed by atoms with van der Waals surface area (Å²) in [5.74, 6) is 0.0758. The number of hydrogen-bond donors (Lipinski definition) is 2. The third-order valence-electron chi connectivity index (χ3n) is 3.77. The summed E-state index contributed by atoms with van der Waals surface area (Å²) >= 11 is 0. The van der Waals surface area contributed by atoms with Crippen molar-refractivity contribution in [3.63, 3.8) is 0 Å². The lowest BCUT2D eigenvalue weighted by Crippen LogP contribution is -2.16. The van der Waals surface area contributed by atoms with Crippen LogP contribution in [0.2, 0.25) is 0 Å². The van der Waals surface area contributed by atoms with Crippen molar-refractivity contribution in [3.8, 4) is 17.3 Å². The predicted molar refractivity (Wildman–Crippen MR) is 106 cm³/mol. The SMILES string of the molecule is CS(=O)(=O)c1ccc(C=NNc2nc(-c3ccccc3)c(C#N)c(=O)[nH]2)cc1. The molecule has 0 saturated carbocycles. The molecule has 2 aromatic carbocycles. The molecule has 0 unspecified atom stereocenters. The Morgan fingerprint density at radius 3 is 2.43 bits per heavy atom. The van der Waals surface area contributed by atoms with Crippen molar-refractivity contribution < 1.29 is 8.42 Å². The van der Waals surface area contributed by atoms with Crippen LogP contribution in [0.25, 0.3) is 11.3 Å². The minimum Gasteiger partial charge on any atom is -0.290 e. The van der Waals surface area contributed by atoms with Gasteiger partial charge in [-0.2, -0.15) is 10.4 Å². The van der Waals surface area contributed by atoms with E-state index in [0.29, 0.717) is 11.1 Å². The molecule has 2 N–H and O–H groups in total. The number of rotatable bonds is 5. The molecular formula is C19H15N5O3S. The van der Waals surface area contributed by atoms with Crippen molar-refractivity contribution in [2.75, 3.05) is 11.7 Å². The Hall–Kier alpha value is -3.77. The van der Waals surface area contributed by atoms with Gasteiger partial charge in [0.05, 0.1) is 16.8 Å². The van der Waals surface area contributed by atoms with Gasteiger partial charge in [-0.3, -0.25) is 9.78 Å². The lowest BCUT2D eigenvalue weighted by atomic mass is 10.1. The highest BCUT2D eigenvalue weighted by molar-refractivity contribution is 7.90. The highest BCUT2D eigenvalue weighted by Gasteiger charge is 2.12. The molecule has 28 heavy (non-hydrogen) atoms. The van der Waals surface area contributed by atoms with Crippen molar-refractivity contribution in [1.82, 2.24) is 9.97 Å². The van der Waals surface area contributed by atoms with E-state index in [2.05, 4.69) is 20.5 Å². The summed E-state index contributed by atoms with van der Waals surface area (Å²) in [6.07, 6.45) is 2.58. The first-order chi connectivity index (χ1) is 13.4. The minimum atomic E-state index is -3.26. The molecule has 0 amide bonds. The highest BCUT2D eigenvalue weighted by atomic mass is 32.2. The molecule has 8 nitrogen and oxygen atoms in total. The summed E-state index contributed by atoms with van der Waals surface area (Å²) in [5.41, 5.74) is 3.49. The van der Waals surface area contributed by atoms with E-state index in [4.69, 9.17) is 0 Å². The maximum absolute atomic E-state index is 12.2. The molecule has 0 bridgehead atoms. The second kappa shape index (κ2) is 7.85. The molecule has 1 aromatic heterocycles. The topological polar surface area (TPSA) is 128 Å². The number of nitrogens with one attached hydrogen (secondary N) is 2. The molecule has 0 aliphatic heterocycles. The fourth-order valence-corrected chi connectivity index (χ4v) is 3.03. The Morgan fingerprint density at radius 1 is 1.14 bits per heavy atom. The van der Waals surface area contributed by atoms with Crippen LogP contribution in [0.5, 0.6) is 0 Å². The lowest BCUT2D eigenvalue weighted by Gasteiger charge is -2.06. The van der Waals surface area contributed by atoms with Crippen LogP contribution in [0.15, 0.2) is 69.4 Å². The molecule has 0 fully saturated rings. The summed E-state index contributed by atoms with van der Waals surface area (Å²) in [6.45, 7) is 0. The van der Waals surface area contributed by atoms with Gasteiger partial charge in [0.25, 0.3) is 5.56 Å². The second-order valence-corrected chi connectivity index (χ2v) is 7.84. The van der Waals surface area contributed by atoms with Crippen molar-refractivity contribution in [2.24, 2.45) is 5.10 Å². The molecule has 1 heterocycles. The van der Waals surface area contributed by atoms with Gasteiger partial charge in [0.1, 0.15) is 11.6 Å². The van der Waals surface area contributed by atoms with E-state index in [1.54, 1.807) is 36.4 Å². The van der Waals surface area contributed by atoms with E-state index < -0.39 is 15.4 Å². The van der Waals surface area contributed by atoms with Crippen molar-refractivity contribution in [2.45, 2.75) is 4.90 Å². The quantitative estimate of drug-likeness (QED) is 0.505. The first-order valence-electron chi connectivity index (χ1n) is 8.07. The van der Waals surface area contributed by atoms with E-state index in [-0.39, 0.29) is 22.1 Å². The van der Waals surface area contributed by atoms with Gasteiger partial charge in [-0.25, -0.2) is 18.8 Å². The Kier molecular flexibility index (Phi) is 5.33. The van der Waals surface area contributed by atoms with Crippen LogP contribution in [-0.4, -0.2) is 30.9 Å². The molecule has 0 aliphatic rings. The number of nitriles is 1. The van der Waals surface area contributed by atoms with Crippen LogP contribution in [-0.2, 0) is 9.84 Å². The molecule has 140 valence electrons. The molecule has 9 heteroatoms. The zero-order valence-corrected chi connectivity index (χ0v) is 15.6. The van der Waals surface area contributed by atoms with Gasteiger partial charge in [0, 0.05) is 11.8 Å². The van der Waals surface area contributed by atoms with Crippen LogP contribution in [0.4, 0.5) is 5.95 Å². The average Bonchev–Trinajstić information content (AvgIpc) is 2.68. The Balaban J connectivity index is 1.85. The van der Waals surface area contributed by atoms with Crippen molar-refractivity contribution in [3.05, 3.63) is 76.1 Å². The van der Waals surface area contributed by atoms with Gasteiger partial charge in [-0.1, -0.05) is 42.5 Å². The molecule has 0 aliphatic carbocycles. The molecule has 0 saturated heterocycles. The van der Waals surface area contributed by atoms with Crippen LogP contribution in [0.1, 0.15) is 11.1 Å². The van der Waals surface area contributed by atoms with E-state index in [1.165, 1.54) is 18.3 Å². The Labute approximate surface area is 161 Å². The summed E-state index contributed by atoms with van der Waals surface area (Å²) < 4.78 is 22.9. The highest BCUT2D eigenvalue weighted by Crippen LogP contribution is 2.19. The number of anilines is 1. The standard InChI is InChI=1S/C19H15N5O3S/c1-28(26,27)15-9-7-13(8-10-15)12-21-24-19-22-17(14-5-3-2-4-6-14)16(11-20)18(25)23-19/h2-10,12H,1H3,(H2,22,23,24,25). The number of benzene rings is 2. The summed E-state index contributed by atoms with van der Waals surface area (Å²) in [4.78, 5) is 19.1. The maximum Gasteiger partial charge on any atom is 0.270 e. The maximum atomic E-state index is 12.2. The molecule has 0 atom stereocenters. The number of sulfone groups is 1. The number of aromatic nitrogens is 2. The van der Waals surface area contributed by atoms with Gasteiger partial charge in [-0.15, -0.1) is 0 Å². The summed E-state index contributed by atoms with van der Waals surface area (Å²) in [6, 6.07) is 16.9. The van der Waals surface area contributed by atoms with Crippen molar-refractivity contribution in [1.29, 1.82) is 5.26 Å². The second-order valence-electron chi connectivity index (χ2n) is 5.83. The number of aromatic amines is 1. The number of hydrazone groups is 1. The van der Waals surface area contributed by atoms with Crippen LogP contribution < -0.4 is 11.0 Å². The summed E-state index contributed by atoms with van der Waals surface area (Å²) in [5, 5.41) is 13.2. The zero-order chi connectivity index (χ0) is 20.1. The van der Waals surface area contributed by atoms with Crippen LogP contribution in [0.3, 0.4) is 0 Å². The first-order valence-corrected chi connectivity index (χ1v) is 9.96. The minimum absolute atomic E-state index is 0.0758. The van der Waals surface area contributed by atoms with Crippen molar-refractivity contribution >= 4 is 22.0 Å². The van der Waals surface area contributed by atoms with Gasteiger partial charge in [0.15, 0.2) is 9.84 Å². The Morgan fingerprint density at radius 2 is 1.82 bits per heavy atom. The number of H-pyrrole nitrogens is 1.